The topological polar surface area (TPSA) is 87.7 Å². The number of fused-ring (bicyclic) bond motifs is 1. The van der Waals surface area contributed by atoms with Crippen molar-refractivity contribution in [2.45, 2.75) is 19.0 Å². The molecule has 0 bridgehead atoms. The molecular formula is C14H15N3O4. The van der Waals surface area contributed by atoms with E-state index in [0.29, 0.717) is 19.7 Å². The van der Waals surface area contributed by atoms with E-state index in [0.717, 1.165) is 11.3 Å². The highest BCUT2D eigenvalue weighted by atomic mass is 16.5. The van der Waals surface area contributed by atoms with Crippen LogP contribution in [0.2, 0.25) is 0 Å². The van der Waals surface area contributed by atoms with E-state index in [9.17, 15) is 14.4 Å². The van der Waals surface area contributed by atoms with Crippen LogP contribution in [0.25, 0.3) is 0 Å². The first-order valence-electron chi connectivity index (χ1n) is 6.73. The minimum Gasteiger partial charge on any atom is -0.491 e. The number of nitrogens with one attached hydrogen (secondary N) is 2. The molecule has 0 saturated carbocycles. The highest BCUT2D eigenvalue weighted by Gasteiger charge is 2.33. The number of hydrogen-bond acceptors (Lipinski definition) is 4. The number of carbonyl (C=O) groups excluding carboxylic acids is 3. The first-order valence-corrected chi connectivity index (χ1v) is 6.73. The molecule has 0 aliphatic carbocycles. The molecule has 7 heteroatoms. The molecule has 1 aromatic carbocycles. The normalized spacial score (nSPS) is 21.0. The molecule has 2 N–H and O–H groups in total. The van der Waals surface area contributed by atoms with Gasteiger partial charge in [0, 0.05) is 12.1 Å². The van der Waals surface area contributed by atoms with Crippen LogP contribution in [-0.2, 0) is 16.1 Å². The van der Waals surface area contributed by atoms with Gasteiger partial charge in [-0.15, -0.1) is 0 Å². The van der Waals surface area contributed by atoms with Crippen LogP contribution >= 0.6 is 0 Å². The molecule has 110 valence electrons. The molecule has 0 radical (unpaired) electrons. The van der Waals surface area contributed by atoms with E-state index in [1.165, 1.54) is 0 Å². The predicted molar refractivity (Wildman–Crippen MR) is 72.4 cm³/mol. The zero-order chi connectivity index (χ0) is 14.8. The molecule has 2 heterocycles. The lowest BCUT2D eigenvalue weighted by Gasteiger charge is -2.21. The van der Waals surface area contributed by atoms with Crippen LogP contribution < -0.4 is 15.4 Å². The zero-order valence-corrected chi connectivity index (χ0v) is 11.3. The summed E-state index contributed by atoms with van der Waals surface area (Å²) in [5.41, 5.74) is 0.934. The molecule has 0 spiro atoms. The maximum absolute atomic E-state index is 12.3. The van der Waals surface area contributed by atoms with Crippen molar-refractivity contribution in [3.63, 3.8) is 0 Å². The van der Waals surface area contributed by atoms with E-state index in [1.54, 1.807) is 4.90 Å². The Kier molecular flexibility index (Phi) is 3.47. The van der Waals surface area contributed by atoms with Crippen molar-refractivity contribution in [2.75, 3.05) is 13.2 Å². The van der Waals surface area contributed by atoms with E-state index in [1.807, 2.05) is 24.3 Å². The molecule has 1 atom stereocenters. The lowest BCUT2D eigenvalue weighted by atomic mass is 10.1. The summed E-state index contributed by atoms with van der Waals surface area (Å²) in [6.45, 7) is 1.30. The summed E-state index contributed by atoms with van der Waals surface area (Å²) in [4.78, 5) is 36.5. The highest BCUT2D eigenvalue weighted by Crippen LogP contribution is 2.22. The second-order valence-corrected chi connectivity index (χ2v) is 4.99. The molecule has 7 nitrogen and oxygen atoms in total. The fourth-order valence-electron chi connectivity index (χ4n) is 2.44. The summed E-state index contributed by atoms with van der Waals surface area (Å²) in [5.74, 6) is 0.136. The summed E-state index contributed by atoms with van der Waals surface area (Å²) < 4.78 is 5.59. The Hall–Kier alpha value is -2.57. The van der Waals surface area contributed by atoms with E-state index < -0.39 is 18.0 Å². The van der Waals surface area contributed by atoms with Crippen LogP contribution in [0.4, 0.5) is 4.79 Å². The molecule has 2 aliphatic rings. The van der Waals surface area contributed by atoms with Crippen molar-refractivity contribution in [1.82, 2.24) is 15.5 Å². The number of urea groups is 1. The molecule has 1 saturated heterocycles. The predicted octanol–water partition coefficient (Wildman–Crippen LogP) is 0.00570. The number of ether oxygens (including phenoxy) is 1. The second-order valence-electron chi connectivity index (χ2n) is 4.99. The van der Waals surface area contributed by atoms with Gasteiger partial charge < -0.3 is 15.0 Å². The minimum atomic E-state index is -0.788. The number of benzene rings is 1. The molecular weight excluding hydrogens is 274 g/mol. The van der Waals surface area contributed by atoms with Gasteiger partial charge in [-0.3, -0.25) is 14.9 Å². The molecule has 1 fully saturated rings. The fraction of sp³-hybridized carbons (Fsp3) is 0.357. The molecule has 1 aromatic rings. The van der Waals surface area contributed by atoms with E-state index in [4.69, 9.17) is 4.74 Å². The van der Waals surface area contributed by atoms with Crippen molar-refractivity contribution < 1.29 is 19.1 Å². The smallest absolute Gasteiger partial charge is 0.322 e. The summed E-state index contributed by atoms with van der Waals surface area (Å²) in [6.07, 6.45) is -0.0419. The Morgan fingerprint density at radius 2 is 2.14 bits per heavy atom. The van der Waals surface area contributed by atoms with Gasteiger partial charge in [0.1, 0.15) is 18.4 Å². The van der Waals surface area contributed by atoms with Crippen LogP contribution in [0.1, 0.15) is 12.0 Å². The van der Waals surface area contributed by atoms with Gasteiger partial charge in [0.25, 0.3) is 5.91 Å². The molecule has 0 aromatic heterocycles. The number of hydrogen-bond donors (Lipinski definition) is 2. The molecule has 21 heavy (non-hydrogen) atoms. The Balaban J connectivity index is 1.68. The maximum atomic E-state index is 12.3. The Bertz CT molecular complexity index is 602. The number of nitrogens with zero attached hydrogens (tertiary/aromatic N) is 1. The van der Waals surface area contributed by atoms with Crippen molar-refractivity contribution in [2.24, 2.45) is 0 Å². The van der Waals surface area contributed by atoms with E-state index in [-0.39, 0.29) is 12.3 Å². The largest absolute Gasteiger partial charge is 0.491 e. The minimum absolute atomic E-state index is 0.0419. The van der Waals surface area contributed by atoms with Gasteiger partial charge in [0.15, 0.2) is 0 Å². The van der Waals surface area contributed by atoms with Crippen molar-refractivity contribution in [3.05, 3.63) is 29.8 Å². The Labute approximate surface area is 121 Å². The number of rotatable bonds is 2. The number of amides is 4. The third kappa shape index (κ3) is 2.81. The fourth-order valence-corrected chi connectivity index (χ4v) is 2.44. The van der Waals surface area contributed by atoms with E-state index >= 15 is 0 Å². The first-order chi connectivity index (χ1) is 10.1. The third-order valence-electron chi connectivity index (χ3n) is 3.54. The monoisotopic (exact) mass is 289 g/mol. The van der Waals surface area contributed by atoms with Gasteiger partial charge in [0.2, 0.25) is 5.91 Å². The molecule has 2 aliphatic heterocycles. The average Bonchev–Trinajstić information content (AvgIpc) is 2.67. The summed E-state index contributed by atoms with van der Waals surface area (Å²) in [5, 5.41) is 4.55. The van der Waals surface area contributed by atoms with Crippen LogP contribution in [0.15, 0.2) is 24.3 Å². The standard InChI is InChI=1S/C14H15N3O4/c18-12(7-10-13(19)16-14(20)15-10)17-5-6-21-11-4-2-1-3-9(11)8-17/h1-4,10H,5-8H2,(H2,15,16,19,20)/t10-/m1/s1. The van der Waals surface area contributed by atoms with Crippen molar-refractivity contribution in [1.29, 1.82) is 0 Å². The van der Waals surface area contributed by atoms with Gasteiger partial charge in [-0.1, -0.05) is 18.2 Å². The van der Waals surface area contributed by atoms with Gasteiger partial charge >= 0.3 is 6.03 Å². The third-order valence-corrected chi connectivity index (χ3v) is 3.54. The van der Waals surface area contributed by atoms with Gasteiger partial charge in [0.05, 0.1) is 13.0 Å². The van der Waals surface area contributed by atoms with Crippen LogP contribution in [0.3, 0.4) is 0 Å². The van der Waals surface area contributed by atoms with Crippen molar-refractivity contribution >= 4 is 17.8 Å². The average molecular weight is 289 g/mol. The summed E-state index contributed by atoms with van der Waals surface area (Å²) in [7, 11) is 0. The maximum Gasteiger partial charge on any atom is 0.322 e. The van der Waals surface area contributed by atoms with Gasteiger partial charge in [-0.05, 0) is 6.07 Å². The van der Waals surface area contributed by atoms with Crippen LogP contribution in [0.5, 0.6) is 5.75 Å². The SMILES string of the molecule is O=C1NC(=O)[C@@H](CC(=O)N2CCOc3ccccc3C2)N1. The molecule has 0 unspecified atom stereocenters. The number of imide groups is 1. The number of carbonyl (C=O) groups is 3. The summed E-state index contributed by atoms with van der Waals surface area (Å²) >= 11 is 0. The zero-order valence-electron chi connectivity index (χ0n) is 11.3. The highest BCUT2D eigenvalue weighted by molar-refractivity contribution is 6.05. The molecule has 4 amide bonds. The molecule has 3 rings (SSSR count). The number of para-hydroxylation sites is 1. The quantitative estimate of drug-likeness (QED) is 0.751. The van der Waals surface area contributed by atoms with Crippen molar-refractivity contribution in [3.8, 4) is 5.75 Å². The lowest BCUT2D eigenvalue weighted by Crippen LogP contribution is -2.39. The van der Waals surface area contributed by atoms with Crippen LogP contribution in [0, 0.1) is 0 Å². The Morgan fingerprint density at radius 1 is 1.33 bits per heavy atom. The van der Waals surface area contributed by atoms with Gasteiger partial charge in [-0.2, -0.15) is 0 Å². The van der Waals surface area contributed by atoms with Crippen LogP contribution in [-0.4, -0.2) is 41.9 Å². The van der Waals surface area contributed by atoms with Gasteiger partial charge in [-0.25, -0.2) is 4.79 Å². The summed E-state index contributed by atoms with van der Waals surface area (Å²) in [6, 6.07) is 6.21. The second kappa shape index (κ2) is 5.43. The first kappa shape index (κ1) is 13.4. The lowest BCUT2D eigenvalue weighted by molar-refractivity contribution is -0.134. The Morgan fingerprint density at radius 3 is 2.90 bits per heavy atom. The van der Waals surface area contributed by atoms with E-state index in [2.05, 4.69) is 10.6 Å².